The average Bonchev–Trinajstić information content (AvgIpc) is 2.97. The molecule has 0 aliphatic carbocycles. The number of fused-ring (bicyclic) bond motifs is 1. The van der Waals surface area contributed by atoms with Crippen LogP contribution in [-0.2, 0) is 11.3 Å². The Hall–Kier alpha value is -3.52. The molecule has 1 aromatic heterocycles. The normalized spacial score (nSPS) is 17.6. The van der Waals surface area contributed by atoms with Gasteiger partial charge in [-0.05, 0) is 45.0 Å². The summed E-state index contributed by atoms with van der Waals surface area (Å²) in [4.78, 5) is 49.5. The summed E-state index contributed by atoms with van der Waals surface area (Å²) in [6.45, 7) is 6.95. The molecule has 1 saturated heterocycles. The van der Waals surface area contributed by atoms with Gasteiger partial charge in [-0.15, -0.1) is 0 Å². The number of carbonyl (C=O) groups excluding carboxylic acids is 2. The van der Waals surface area contributed by atoms with Crippen LogP contribution in [0.5, 0.6) is 0 Å². The Kier molecular flexibility index (Phi) is 5.56. The first-order chi connectivity index (χ1) is 14.9. The number of rotatable bonds is 6. The van der Waals surface area contributed by atoms with Crippen molar-refractivity contribution in [2.75, 3.05) is 18.1 Å². The molecule has 3 amide bonds. The fourth-order valence-electron chi connectivity index (χ4n) is 3.88. The van der Waals surface area contributed by atoms with Crippen molar-refractivity contribution in [1.29, 1.82) is 0 Å². The van der Waals surface area contributed by atoms with Gasteiger partial charge in [0.05, 0.1) is 17.4 Å². The van der Waals surface area contributed by atoms with Crippen LogP contribution in [-0.4, -0.2) is 46.1 Å². The largest absolute Gasteiger partial charge is 0.336 e. The molecule has 1 aliphatic rings. The van der Waals surface area contributed by atoms with Crippen LogP contribution in [0.1, 0.15) is 25.2 Å². The van der Waals surface area contributed by atoms with Gasteiger partial charge in [0.2, 0.25) is 0 Å². The minimum Gasteiger partial charge on any atom is -0.311 e. The number of nitrogens with one attached hydrogen (secondary N) is 2. The molecule has 0 bridgehead atoms. The third-order valence-corrected chi connectivity index (χ3v) is 5.72. The zero-order chi connectivity index (χ0) is 22.1. The number of nitrogens with zero attached hydrogens (tertiary/aromatic N) is 3. The molecule has 31 heavy (non-hydrogen) atoms. The summed E-state index contributed by atoms with van der Waals surface area (Å²) in [6, 6.07) is 13.8. The zero-order valence-electron chi connectivity index (χ0n) is 17.9. The Labute approximate surface area is 180 Å². The minimum absolute atomic E-state index is 0.191. The number of benzene rings is 2. The fraction of sp³-hybridized carbons (Fsp3) is 0.304. The third kappa shape index (κ3) is 3.94. The summed E-state index contributed by atoms with van der Waals surface area (Å²) in [6.07, 6.45) is 0. The van der Waals surface area contributed by atoms with Crippen LogP contribution >= 0.6 is 0 Å². The maximum Gasteiger partial charge on any atom is 0.336 e. The summed E-state index contributed by atoms with van der Waals surface area (Å²) in [5, 5.41) is 0.539. The summed E-state index contributed by atoms with van der Waals surface area (Å²) >= 11 is 0. The number of amides is 3. The number of hydrogen-bond acceptors (Lipinski definition) is 4. The SMILES string of the molecule is CC[NH+](Cc1nc2ccccc2c(=O)[nH]1)CN1C(=O)[C@H](C)N(c2ccc(C)cc2)C1=O. The zero-order valence-corrected chi connectivity index (χ0v) is 17.9. The summed E-state index contributed by atoms with van der Waals surface area (Å²) in [5.41, 5.74) is 2.23. The lowest BCUT2D eigenvalue weighted by atomic mass is 10.2. The molecule has 0 spiro atoms. The predicted molar refractivity (Wildman–Crippen MR) is 118 cm³/mol. The fourth-order valence-corrected chi connectivity index (χ4v) is 3.88. The molecule has 1 fully saturated rings. The average molecular weight is 420 g/mol. The smallest absolute Gasteiger partial charge is 0.311 e. The molecular formula is C23H26N5O3+. The summed E-state index contributed by atoms with van der Waals surface area (Å²) in [5.74, 6) is 0.305. The van der Waals surface area contributed by atoms with E-state index in [4.69, 9.17) is 0 Å². The number of aromatic nitrogens is 2. The van der Waals surface area contributed by atoms with E-state index in [9.17, 15) is 14.4 Å². The minimum atomic E-state index is -0.563. The van der Waals surface area contributed by atoms with Crippen molar-refractivity contribution in [3.8, 4) is 0 Å². The second-order valence-electron chi connectivity index (χ2n) is 7.90. The van der Waals surface area contributed by atoms with Crippen molar-refractivity contribution in [3.05, 3.63) is 70.3 Å². The highest BCUT2D eigenvalue weighted by Gasteiger charge is 2.44. The molecule has 0 radical (unpaired) electrons. The standard InChI is InChI=1S/C23H25N5O3/c1-4-26(13-20-24-19-8-6-5-7-18(19)21(29)25-20)14-27-22(30)16(3)28(23(27)31)17-11-9-15(2)10-12-17/h5-12,16H,4,13-14H2,1-3H3,(H,24,25,29)/p+1/t16-/m0/s1. The highest BCUT2D eigenvalue weighted by atomic mass is 16.2. The van der Waals surface area contributed by atoms with E-state index >= 15 is 0 Å². The van der Waals surface area contributed by atoms with Gasteiger partial charge in [-0.2, -0.15) is 0 Å². The van der Waals surface area contributed by atoms with E-state index < -0.39 is 6.04 Å². The van der Waals surface area contributed by atoms with Gasteiger partial charge < -0.3 is 9.88 Å². The lowest BCUT2D eigenvalue weighted by Crippen LogP contribution is -3.12. The first-order valence-corrected chi connectivity index (χ1v) is 10.4. The van der Waals surface area contributed by atoms with Gasteiger partial charge >= 0.3 is 6.03 Å². The summed E-state index contributed by atoms with van der Waals surface area (Å²) in [7, 11) is 0. The van der Waals surface area contributed by atoms with E-state index in [0.717, 1.165) is 10.5 Å². The van der Waals surface area contributed by atoms with E-state index in [0.29, 0.717) is 35.5 Å². The number of carbonyl (C=O) groups is 2. The monoisotopic (exact) mass is 420 g/mol. The maximum atomic E-state index is 13.1. The number of aromatic amines is 1. The van der Waals surface area contributed by atoms with Gasteiger partial charge in [0.15, 0.2) is 12.5 Å². The van der Waals surface area contributed by atoms with Gasteiger partial charge in [-0.25, -0.2) is 14.7 Å². The Morgan fingerprint density at radius 2 is 1.77 bits per heavy atom. The predicted octanol–water partition coefficient (Wildman–Crippen LogP) is 1.45. The van der Waals surface area contributed by atoms with Crippen molar-refractivity contribution in [2.24, 2.45) is 0 Å². The highest BCUT2D eigenvalue weighted by molar-refractivity contribution is 6.13. The van der Waals surface area contributed by atoms with Crippen LogP contribution in [0.15, 0.2) is 53.3 Å². The van der Waals surface area contributed by atoms with Crippen molar-refractivity contribution in [1.82, 2.24) is 14.9 Å². The van der Waals surface area contributed by atoms with E-state index in [1.807, 2.05) is 44.2 Å². The first kappa shape index (κ1) is 20.7. The molecule has 2 N–H and O–H groups in total. The lowest BCUT2D eigenvalue weighted by Gasteiger charge is -2.23. The van der Waals surface area contributed by atoms with Gasteiger partial charge in [-0.1, -0.05) is 29.8 Å². The van der Waals surface area contributed by atoms with Gasteiger partial charge in [-0.3, -0.25) is 14.5 Å². The lowest BCUT2D eigenvalue weighted by molar-refractivity contribution is -0.919. The molecule has 2 atom stereocenters. The number of H-pyrrole nitrogens is 1. The molecule has 1 aliphatic heterocycles. The quantitative estimate of drug-likeness (QED) is 0.591. The number of para-hydroxylation sites is 1. The van der Waals surface area contributed by atoms with Crippen LogP contribution in [0, 0.1) is 6.92 Å². The number of urea groups is 1. The van der Waals surface area contributed by atoms with Gasteiger partial charge in [0.1, 0.15) is 12.6 Å². The molecule has 2 heterocycles. The van der Waals surface area contributed by atoms with Crippen molar-refractivity contribution < 1.29 is 14.5 Å². The number of imide groups is 1. The molecule has 3 aromatic rings. The maximum absolute atomic E-state index is 13.1. The third-order valence-electron chi connectivity index (χ3n) is 5.72. The Morgan fingerprint density at radius 1 is 1.06 bits per heavy atom. The summed E-state index contributed by atoms with van der Waals surface area (Å²) < 4.78 is 0. The molecule has 8 heteroatoms. The van der Waals surface area contributed by atoms with Crippen LogP contribution in [0.3, 0.4) is 0 Å². The highest BCUT2D eigenvalue weighted by Crippen LogP contribution is 2.25. The van der Waals surface area contributed by atoms with Crippen LogP contribution in [0.25, 0.3) is 10.9 Å². The molecular weight excluding hydrogens is 394 g/mol. The Bertz CT molecular complexity index is 1190. The van der Waals surface area contributed by atoms with Gasteiger partial charge in [0.25, 0.3) is 11.5 Å². The number of anilines is 1. The van der Waals surface area contributed by atoms with Crippen LogP contribution in [0.2, 0.25) is 0 Å². The Balaban J connectivity index is 1.54. The molecule has 4 rings (SSSR count). The molecule has 8 nitrogen and oxygen atoms in total. The molecule has 1 unspecified atom stereocenters. The molecule has 160 valence electrons. The van der Waals surface area contributed by atoms with E-state index in [-0.39, 0.29) is 24.2 Å². The number of hydrogen-bond donors (Lipinski definition) is 2. The van der Waals surface area contributed by atoms with Crippen LogP contribution < -0.4 is 15.4 Å². The van der Waals surface area contributed by atoms with Crippen molar-refractivity contribution in [2.45, 2.75) is 33.4 Å². The number of quaternary nitrogens is 1. The van der Waals surface area contributed by atoms with E-state index in [1.165, 1.54) is 9.80 Å². The van der Waals surface area contributed by atoms with E-state index in [1.54, 1.807) is 25.1 Å². The number of aryl methyl sites for hydroxylation is 1. The second kappa shape index (κ2) is 8.31. The molecule has 0 saturated carbocycles. The topological polar surface area (TPSA) is 90.8 Å². The van der Waals surface area contributed by atoms with Gasteiger partial charge in [0, 0.05) is 5.69 Å². The second-order valence-corrected chi connectivity index (χ2v) is 7.90. The van der Waals surface area contributed by atoms with Crippen molar-refractivity contribution in [3.63, 3.8) is 0 Å². The van der Waals surface area contributed by atoms with E-state index in [2.05, 4.69) is 9.97 Å². The van der Waals surface area contributed by atoms with Crippen molar-refractivity contribution >= 4 is 28.5 Å². The van der Waals surface area contributed by atoms with Crippen LogP contribution in [0.4, 0.5) is 10.5 Å². The first-order valence-electron chi connectivity index (χ1n) is 10.4. The Morgan fingerprint density at radius 3 is 2.48 bits per heavy atom. The molecule has 2 aromatic carbocycles.